The summed E-state index contributed by atoms with van der Waals surface area (Å²) in [6.07, 6.45) is 1.55. The van der Waals surface area contributed by atoms with Crippen molar-refractivity contribution in [3.05, 3.63) is 77.6 Å². The first-order valence-corrected chi connectivity index (χ1v) is 8.26. The lowest BCUT2D eigenvalue weighted by molar-refractivity contribution is -0.129. The van der Waals surface area contributed by atoms with Crippen LogP contribution < -0.4 is 0 Å². The Labute approximate surface area is 143 Å². The quantitative estimate of drug-likeness (QED) is 0.716. The minimum absolute atomic E-state index is 0.0754. The Morgan fingerprint density at radius 3 is 2.00 bits per heavy atom. The summed E-state index contributed by atoms with van der Waals surface area (Å²) in [6, 6.07) is 16.2. The summed E-state index contributed by atoms with van der Waals surface area (Å²) < 4.78 is 14.3. The van der Waals surface area contributed by atoms with E-state index in [9.17, 15) is 9.18 Å². The van der Waals surface area contributed by atoms with Gasteiger partial charge in [-0.3, -0.25) is 4.79 Å². The fourth-order valence-corrected chi connectivity index (χ4v) is 2.92. The molecular weight excluding hydrogens is 301 g/mol. The molecule has 0 atom stereocenters. The molecule has 0 aromatic heterocycles. The molecule has 0 aliphatic heterocycles. The Kier molecular flexibility index (Phi) is 5.91. The van der Waals surface area contributed by atoms with E-state index in [1.54, 1.807) is 29.2 Å². The number of carbonyl (C=O) groups is 1. The van der Waals surface area contributed by atoms with Crippen molar-refractivity contribution in [1.82, 2.24) is 4.90 Å². The predicted molar refractivity (Wildman–Crippen MR) is 97.0 cm³/mol. The second kappa shape index (κ2) is 7.91. The molecule has 0 saturated heterocycles. The summed E-state index contributed by atoms with van der Waals surface area (Å²) >= 11 is 0. The van der Waals surface area contributed by atoms with Crippen molar-refractivity contribution >= 4 is 11.5 Å². The molecule has 0 aliphatic carbocycles. The van der Waals surface area contributed by atoms with Gasteiger partial charge in [-0.1, -0.05) is 48.5 Å². The van der Waals surface area contributed by atoms with Crippen LogP contribution in [0.1, 0.15) is 38.8 Å². The fourth-order valence-electron chi connectivity index (χ4n) is 2.92. The Balaban J connectivity index is 2.55. The molecule has 24 heavy (non-hydrogen) atoms. The van der Waals surface area contributed by atoms with E-state index in [-0.39, 0.29) is 23.8 Å². The van der Waals surface area contributed by atoms with Crippen molar-refractivity contribution in [3.8, 4) is 0 Å². The summed E-state index contributed by atoms with van der Waals surface area (Å²) in [5.74, 6) is -0.442. The molecular formula is C21H24FNO. The van der Waals surface area contributed by atoms with Crippen LogP contribution in [-0.4, -0.2) is 22.9 Å². The largest absolute Gasteiger partial charge is 0.334 e. The molecule has 2 aromatic carbocycles. The molecule has 3 heteroatoms. The first-order chi connectivity index (χ1) is 11.4. The summed E-state index contributed by atoms with van der Waals surface area (Å²) in [5.41, 5.74) is 1.86. The average Bonchev–Trinajstić information content (AvgIpc) is 2.53. The molecule has 2 aromatic rings. The van der Waals surface area contributed by atoms with Crippen LogP contribution in [-0.2, 0) is 4.79 Å². The van der Waals surface area contributed by atoms with E-state index in [4.69, 9.17) is 0 Å². The molecule has 0 N–H and O–H groups in total. The first-order valence-electron chi connectivity index (χ1n) is 8.26. The van der Waals surface area contributed by atoms with Crippen molar-refractivity contribution < 1.29 is 9.18 Å². The van der Waals surface area contributed by atoms with Gasteiger partial charge in [-0.05, 0) is 44.9 Å². The maximum atomic E-state index is 14.3. The zero-order valence-electron chi connectivity index (χ0n) is 14.7. The van der Waals surface area contributed by atoms with E-state index in [1.165, 1.54) is 6.07 Å². The predicted octanol–water partition coefficient (Wildman–Crippen LogP) is 4.90. The lowest BCUT2D eigenvalue weighted by Crippen LogP contribution is -2.41. The van der Waals surface area contributed by atoms with Crippen molar-refractivity contribution in [2.75, 3.05) is 0 Å². The lowest BCUT2D eigenvalue weighted by Gasteiger charge is -2.30. The van der Waals surface area contributed by atoms with Crippen LogP contribution in [0.5, 0.6) is 0 Å². The van der Waals surface area contributed by atoms with Gasteiger partial charge in [0.05, 0.1) is 0 Å². The molecule has 1 amide bonds. The summed E-state index contributed by atoms with van der Waals surface area (Å²) in [5, 5.41) is 0. The normalized spacial score (nSPS) is 11.9. The number of hydrogen-bond acceptors (Lipinski definition) is 1. The standard InChI is InChI=1S/C21H24FNO/c1-15(2)23(16(3)4)21(24)14-19(17-10-6-5-7-11-17)18-12-8-9-13-20(18)22/h5-16H,1-4H3/b19-14-. The summed E-state index contributed by atoms with van der Waals surface area (Å²) in [6.45, 7) is 7.93. The van der Waals surface area contributed by atoms with Crippen molar-refractivity contribution in [1.29, 1.82) is 0 Å². The Bertz CT molecular complexity index is 712. The molecule has 126 valence electrons. The van der Waals surface area contributed by atoms with Gasteiger partial charge in [0, 0.05) is 23.7 Å². The number of halogens is 1. The van der Waals surface area contributed by atoms with Crippen LogP contribution in [0.25, 0.3) is 5.57 Å². The van der Waals surface area contributed by atoms with E-state index in [1.807, 2.05) is 58.0 Å². The SMILES string of the molecule is CC(C)N(C(=O)/C=C(/c1ccccc1)c1ccccc1F)C(C)C. The molecule has 2 nitrogen and oxygen atoms in total. The van der Waals surface area contributed by atoms with E-state index in [2.05, 4.69) is 0 Å². The minimum atomic E-state index is -0.332. The number of hydrogen-bond donors (Lipinski definition) is 0. The number of benzene rings is 2. The molecule has 0 heterocycles. The Hall–Kier alpha value is -2.42. The third kappa shape index (κ3) is 4.10. The third-order valence-electron chi connectivity index (χ3n) is 3.88. The number of amides is 1. The maximum Gasteiger partial charge on any atom is 0.247 e. The highest BCUT2D eigenvalue weighted by molar-refractivity contribution is 5.99. The van der Waals surface area contributed by atoms with Crippen LogP contribution in [0.2, 0.25) is 0 Å². The highest BCUT2D eigenvalue weighted by atomic mass is 19.1. The van der Waals surface area contributed by atoms with Gasteiger partial charge >= 0.3 is 0 Å². The van der Waals surface area contributed by atoms with Crippen LogP contribution in [0.15, 0.2) is 60.7 Å². The van der Waals surface area contributed by atoms with Gasteiger partial charge in [0.15, 0.2) is 0 Å². The smallest absolute Gasteiger partial charge is 0.247 e. The Morgan fingerprint density at radius 1 is 0.917 bits per heavy atom. The monoisotopic (exact) mass is 325 g/mol. The van der Waals surface area contributed by atoms with Crippen molar-refractivity contribution in [2.45, 2.75) is 39.8 Å². The topological polar surface area (TPSA) is 20.3 Å². The number of rotatable bonds is 5. The van der Waals surface area contributed by atoms with Gasteiger partial charge in [-0.15, -0.1) is 0 Å². The van der Waals surface area contributed by atoms with Gasteiger partial charge in [-0.25, -0.2) is 4.39 Å². The fraction of sp³-hybridized carbons (Fsp3) is 0.286. The minimum Gasteiger partial charge on any atom is -0.334 e. The average molecular weight is 325 g/mol. The highest BCUT2D eigenvalue weighted by Gasteiger charge is 2.20. The van der Waals surface area contributed by atoms with Gasteiger partial charge in [0.2, 0.25) is 5.91 Å². The summed E-state index contributed by atoms with van der Waals surface area (Å²) in [4.78, 5) is 14.6. The second-order valence-electron chi connectivity index (χ2n) is 6.34. The van der Waals surface area contributed by atoms with Crippen LogP contribution >= 0.6 is 0 Å². The molecule has 0 saturated carbocycles. The van der Waals surface area contributed by atoms with Crippen molar-refractivity contribution in [3.63, 3.8) is 0 Å². The Morgan fingerprint density at radius 2 is 1.46 bits per heavy atom. The van der Waals surface area contributed by atoms with E-state index >= 15 is 0 Å². The van der Waals surface area contributed by atoms with Crippen molar-refractivity contribution in [2.24, 2.45) is 0 Å². The van der Waals surface area contributed by atoms with Crippen LogP contribution in [0, 0.1) is 5.82 Å². The zero-order valence-corrected chi connectivity index (χ0v) is 14.7. The second-order valence-corrected chi connectivity index (χ2v) is 6.34. The molecule has 0 bridgehead atoms. The molecule has 0 unspecified atom stereocenters. The van der Waals surface area contributed by atoms with Crippen LogP contribution in [0.3, 0.4) is 0 Å². The maximum absolute atomic E-state index is 14.3. The molecule has 0 spiro atoms. The zero-order chi connectivity index (χ0) is 17.7. The molecule has 0 fully saturated rings. The van der Waals surface area contributed by atoms with E-state index in [0.29, 0.717) is 11.1 Å². The lowest BCUT2D eigenvalue weighted by atomic mass is 9.96. The highest BCUT2D eigenvalue weighted by Crippen LogP contribution is 2.26. The molecule has 0 radical (unpaired) electrons. The van der Waals surface area contributed by atoms with Crippen LogP contribution in [0.4, 0.5) is 4.39 Å². The van der Waals surface area contributed by atoms with Gasteiger partial charge < -0.3 is 4.90 Å². The van der Waals surface area contributed by atoms with E-state index in [0.717, 1.165) is 5.56 Å². The van der Waals surface area contributed by atoms with Gasteiger partial charge in [0.25, 0.3) is 0 Å². The molecule has 0 aliphatic rings. The third-order valence-corrected chi connectivity index (χ3v) is 3.88. The van der Waals surface area contributed by atoms with Gasteiger partial charge in [-0.2, -0.15) is 0 Å². The van der Waals surface area contributed by atoms with Gasteiger partial charge in [0.1, 0.15) is 5.82 Å². The number of nitrogens with zero attached hydrogens (tertiary/aromatic N) is 1. The first kappa shape index (κ1) is 17.9. The molecule has 2 rings (SSSR count). The number of carbonyl (C=O) groups excluding carboxylic acids is 1. The van der Waals surface area contributed by atoms with E-state index < -0.39 is 0 Å². The summed E-state index contributed by atoms with van der Waals surface area (Å²) in [7, 11) is 0.